The number of pyridine rings is 2. The minimum atomic E-state index is -0.0828. The quantitative estimate of drug-likeness (QED) is 0.709. The van der Waals surface area contributed by atoms with Crippen LogP contribution in [-0.2, 0) is 16.1 Å². The second-order valence-electron chi connectivity index (χ2n) is 7.95. The smallest absolute Gasteiger partial charge is 0.150 e. The molecule has 2 saturated heterocycles. The number of aliphatic hydroxyl groups is 1. The lowest BCUT2D eigenvalue weighted by Crippen LogP contribution is -2.44. The number of ether oxygens (including phenoxy) is 2. The molecule has 2 atom stereocenters. The topological polar surface area (TPSA) is 85.5 Å². The van der Waals surface area contributed by atoms with Crippen molar-refractivity contribution < 1.29 is 14.6 Å². The molecular formula is C22H27N5O3. The van der Waals surface area contributed by atoms with E-state index in [-0.39, 0.29) is 18.9 Å². The lowest BCUT2D eigenvalue weighted by atomic mass is 10.1. The summed E-state index contributed by atoms with van der Waals surface area (Å²) in [6.45, 7) is 4.93. The van der Waals surface area contributed by atoms with Crippen LogP contribution in [0.4, 0.5) is 5.82 Å². The minimum absolute atomic E-state index is 0.0564. The van der Waals surface area contributed by atoms with Crippen LogP contribution in [0.3, 0.4) is 0 Å². The molecule has 8 nitrogen and oxygen atoms in total. The molecule has 3 aromatic heterocycles. The molecule has 0 aromatic carbocycles. The molecule has 0 amide bonds. The first-order chi connectivity index (χ1) is 14.8. The number of aliphatic hydroxyl groups excluding tert-OH is 1. The minimum Gasteiger partial charge on any atom is -0.392 e. The van der Waals surface area contributed by atoms with Gasteiger partial charge in [0.2, 0.25) is 0 Å². The van der Waals surface area contributed by atoms with E-state index in [9.17, 15) is 5.11 Å². The van der Waals surface area contributed by atoms with Crippen molar-refractivity contribution in [1.82, 2.24) is 19.7 Å². The number of aromatic nitrogens is 4. The number of hydrogen-bond donors (Lipinski definition) is 1. The van der Waals surface area contributed by atoms with Gasteiger partial charge in [0.15, 0.2) is 6.23 Å². The molecule has 158 valence electrons. The maximum atomic E-state index is 10.1. The van der Waals surface area contributed by atoms with Crippen LogP contribution in [0.2, 0.25) is 0 Å². The van der Waals surface area contributed by atoms with Crippen LogP contribution in [0.5, 0.6) is 0 Å². The van der Waals surface area contributed by atoms with E-state index in [0.29, 0.717) is 13.2 Å². The van der Waals surface area contributed by atoms with Gasteiger partial charge in [-0.05, 0) is 49.9 Å². The third-order valence-electron chi connectivity index (χ3n) is 5.97. The summed E-state index contributed by atoms with van der Waals surface area (Å²) in [5.41, 5.74) is 3.26. The predicted molar refractivity (Wildman–Crippen MR) is 113 cm³/mol. The van der Waals surface area contributed by atoms with Gasteiger partial charge in [0.25, 0.3) is 0 Å². The Morgan fingerprint density at radius 2 is 2.13 bits per heavy atom. The van der Waals surface area contributed by atoms with Crippen molar-refractivity contribution in [1.29, 1.82) is 0 Å². The highest BCUT2D eigenvalue weighted by atomic mass is 16.5. The molecule has 5 rings (SSSR count). The highest BCUT2D eigenvalue weighted by Gasteiger charge is 2.24. The largest absolute Gasteiger partial charge is 0.392 e. The summed E-state index contributed by atoms with van der Waals surface area (Å²) in [7, 11) is 0. The first-order valence-corrected chi connectivity index (χ1v) is 10.7. The van der Waals surface area contributed by atoms with Gasteiger partial charge in [0.1, 0.15) is 17.0 Å². The average Bonchev–Trinajstić information content (AvgIpc) is 3.28. The summed E-state index contributed by atoms with van der Waals surface area (Å²) >= 11 is 0. The Morgan fingerprint density at radius 1 is 1.20 bits per heavy atom. The van der Waals surface area contributed by atoms with E-state index in [0.717, 1.165) is 66.1 Å². The number of anilines is 1. The second kappa shape index (κ2) is 8.29. The Morgan fingerprint density at radius 3 is 2.93 bits per heavy atom. The zero-order valence-corrected chi connectivity index (χ0v) is 17.2. The third-order valence-corrected chi connectivity index (χ3v) is 5.97. The van der Waals surface area contributed by atoms with Crippen LogP contribution in [0.25, 0.3) is 22.3 Å². The summed E-state index contributed by atoms with van der Waals surface area (Å²) in [6, 6.07) is 6.08. The third kappa shape index (κ3) is 3.45. The van der Waals surface area contributed by atoms with Gasteiger partial charge in [0.05, 0.1) is 31.6 Å². The van der Waals surface area contributed by atoms with Crippen molar-refractivity contribution in [3.63, 3.8) is 0 Å². The van der Waals surface area contributed by atoms with Gasteiger partial charge in [0, 0.05) is 30.9 Å². The van der Waals surface area contributed by atoms with Crippen molar-refractivity contribution in [2.75, 3.05) is 31.3 Å². The molecule has 30 heavy (non-hydrogen) atoms. The molecule has 2 unspecified atom stereocenters. The summed E-state index contributed by atoms with van der Waals surface area (Å²) in [4.78, 5) is 11.9. The van der Waals surface area contributed by atoms with Crippen molar-refractivity contribution in [3.05, 3.63) is 36.2 Å². The molecule has 0 spiro atoms. The van der Waals surface area contributed by atoms with Crippen LogP contribution >= 0.6 is 0 Å². The number of hydrogen-bond acceptors (Lipinski definition) is 7. The van der Waals surface area contributed by atoms with Gasteiger partial charge < -0.3 is 19.5 Å². The van der Waals surface area contributed by atoms with E-state index in [1.807, 2.05) is 22.9 Å². The van der Waals surface area contributed by atoms with Crippen LogP contribution in [0.15, 0.2) is 30.6 Å². The maximum absolute atomic E-state index is 10.1. The molecule has 8 heteroatoms. The number of nitrogens with zero attached hydrogens (tertiary/aromatic N) is 5. The Labute approximate surface area is 175 Å². The van der Waals surface area contributed by atoms with E-state index in [4.69, 9.17) is 14.5 Å². The molecule has 3 aromatic rings. The molecule has 5 heterocycles. The fraction of sp³-hybridized carbons (Fsp3) is 0.500. The molecule has 0 bridgehead atoms. The molecule has 0 radical (unpaired) electrons. The highest BCUT2D eigenvalue weighted by Crippen LogP contribution is 2.33. The Bertz CT molecular complexity index is 1030. The van der Waals surface area contributed by atoms with E-state index in [1.54, 1.807) is 12.4 Å². The number of morpholine rings is 1. The zero-order chi connectivity index (χ0) is 20.5. The molecule has 1 N–H and O–H groups in total. The lowest BCUT2D eigenvalue weighted by Gasteiger charge is -2.34. The van der Waals surface area contributed by atoms with Crippen molar-refractivity contribution in [3.8, 4) is 11.4 Å². The van der Waals surface area contributed by atoms with Crippen molar-refractivity contribution >= 4 is 16.7 Å². The van der Waals surface area contributed by atoms with Crippen molar-refractivity contribution in [2.24, 2.45) is 0 Å². The molecule has 0 aliphatic carbocycles. The number of fused-ring (bicyclic) bond motifs is 1. The van der Waals surface area contributed by atoms with Gasteiger partial charge in [-0.25, -0.2) is 9.67 Å². The summed E-state index contributed by atoms with van der Waals surface area (Å²) in [6.07, 6.45) is 6.62. The van der Waals surface area contributed by atoms with Gasteiger partial charge in [-0.3, -0.25) is 4.98 Å². The van der Waals surface area contributed by atoms with E-state index < -0.39 is 0 Å². The predicted octanol–water partition coefficient (Wildman–Crippen LogP) is 2.91. The van der Waals surface area contributed by atoms with Crippen LogP contribution in [0.1, 0.15) is 38.0 Å². The van der Waals surface area contributed by atoms with Crippen LogP contribution < -0.4 is 4.90 Å². The Hall–Kier alpha value is -2.55. The van der Waals surface area contributed by atoms with E-state index >= 15 is 0 Å². The Kier molecular flexibility index (Phi) is 5.37. The molecular weight excluding hydrogens is 382 g/mol. The van der Waals surface area contributed by atoms with Crippen LogP contribution in [-0.4, -0.2) is 57.3 Å². The normalized spacial score (nSPS) is 22.5. The van der Waals surface area contributed by atoms with Gasteiger partial charge in [-0.15, -0.1) is 0 Å². The summed E-state index contributed by atoms with van der Waals surface area (Å²) in [5, 5.41) is 15.5. The van der Waals surface area contributed by atoms with Gasteiger partial charge in [-0.2, -0.15) is 5.10 Å². The first kappa shape index (κ1) is 19.4. The van der Waals surface area contributed by atoms with Crippen LogP contribution in [0, 0.1) is 0 Å². The second-order valence-corrected chi connectivity index (χ2v) is 7.95. The summed E-state index contributed by atoms with van der Waals surface area (Å²) < 4.78 is 13.5. The number of rotatable bonds is 4. The first-order valence-electron chi connectivity index (χ1n) is 10.7. The fourth-order valence-electron chi connectivity index (χ4n) is 4.39. The van der Waals surface area contributed by atoms with Gasteiger partial charge >= 0.3 is 0 Å². The van der Waals surface area contributed by atoms with E-state index in [1.165, 1.54) is 0 Å². The highest BCUT2D eigenvalue weighted by molar-refractivity contribution is 5.93. The zero-order valence-electron chi connectivity index (χ0n) is 17.2. The average molecular weight is 409 g/mol. The lowest BCUT2D eigenvalue weighted by molar-refractivity contribution is -0.0383. The molecule has 2 aliphatic rings. The fourth-order valence-corrected chi connectivity index (χ4v) is 4.39. The SMILES string of the molecule is CC1COCCN1c1cc(CO)c2ccnc(-c3ccnn3C3CCCCO3)c2n1. The summed E-state index contributed by atoms with van der Waals surface area (Å²) in [5.74, 6) is 0.844. The van der Waals surface area contributed by atoms with Crippen molar-refractivity contribution in [2.45, 2.75) is 45.1 Å². The molecule has 2 fully saturated rings. The molecule has 2 aliphatic heterocycles. The Balaban J connectivity index is 1.65. The monoisotopic (exact) mass is 409 g/mol. The van der Waals surface area contributed by atoms with E-state index in [2.05, 4.69) is 21.9 Å². The maximum Gasteiger partial charge on any atom is 0.150 e. The van der Waals surface area contributed by atoms with Gasteiger partial charge in [-0.1, -0.05) is 0 Å². The standard InChI is InChI=1S/C22H27N5O3/c1-15-14-29-11-9-26(15)19-12-16(13-28)17-5-7-23-22(21(17)25-19)18-6-8-24-27(18)20-4-2-3-10-30-20/h5-8,12,15,20,28H,2-4,9-11,13-14H2,1H3. The molecule has 0 saturated carbocycles.